The number of hydrogen-bond donors (Lipinski definition) is 1. The molecule has 1 aliphatic heterocycles. The molecule has 2 fully saturated rings. The minimum Gasteiger partial charge on any atom is -0.391 e. The van der Waals surface area contributed by atoms with E-state index in [-0.39, 0.29) is 6.10 Å². The van der Waals surface area contributed by atoms with E-state index in [1.165, 1.54) is 25.7 Å². The first kappa shape index (κ1) is 13.3. The molecule has 0 aromatic heterocycles. The van der Waals surface area contributed by atoms with Gasteiger partial charge in [0.15, 0.2) is 0 Å². The largest absolute Gasteiger partial charge is 0.391 e. The van der Waals surface area contributed by atoms with E-state index < -0.39 is 0 Å². The molecule has 1 saturated carbocycles. The molecule has 3 heteroatoms. The number of methoxy groups -OCH3 is 1. The SMILES string of the molecule is COCC1CCCN(C2CC(C)CCC2O)C1. The van der Waals surface area contributed by atoms with E-state index in [1.54, 1.807) is 7.11 Å². The first-order valence-corrected chi connectivity index (χ1v) is 7.11. The van der Waals surface area contributed by atoms with Crippen LogP contribution in [0, 0.1) is 11.8 Å². The van der Waals surface area contributed by atoms with Crippen LogP contribution in [-0.4, -0.2) is 49.0 Å². The van der Waals surface area contributed by atoms with Gasteiger partial charge in [-0.25, -0.2) is 0 Å². The first-order valence-electron chi connectivity index (χ1n) is 7.11. The van der Waals surface area contributed by atoms with E-state index in [4.69, 9.17) is 4.74 Å². The molecule has 4 atom stereocenters. The number of aliphatic hydroxyl groups excluding tert-OH is 1. The lowest BCUT2D eigenvalue weighted by Gasteiger charge is -2.43. The van der Waals surface area contributed by atoms with Crippen molar-refractivity contribution in [3.05, 3.63) is 0 Å². The molecule has 4 unspecified atom stereocenters. The van der Waals surface area contributed by atoms with Crippen molar-refractivity contribution in [3.63, 3.8) is 0 Å². The van der Waals surface area contributed by atoms with Crippen molar-refractivity contribution in [2.45, 2.75) is 51.2 Å². The van der Waals surface area contributed by atoms with E-state index in [0.717, 1.165) is 32.0 Å². The molecule has 0 aromatic rings. The number of hydrogen-bond acceptors (Lipinski definition) is 3. The highest BCUT2D eigenvalue weighted by Gasteiger charge is 2.34. The molecule has 1 saturated heterocycles. The zero-order valence-corrected chi connectivity index (χ0v) is 11.3. The van der Waals surface area contributed by atoms with E-state index in [1.807, 2.05) is 0 Å². The molecule has 1 aliphatic carbocycles. The molecule has 0 bridgehead atoms. The minimum absolute atomic E-state index is 0.104. The molecule has 2 aliphatic rings. The summed E-state index contributed by atoms with van der Waals surface area (Å²) in [6, 6.07) is 0.401. The Morgan fingerprint density at radius 1 is 1.29 bits per heavy atom. The van der Waals surface area contributed by atoms with Crippen LogP contribution in [0.4, 0.5) is 0 Å². The topological polar surface area (TPSA) is 32.7 Å². The van der Waals surface area contributed by atoms with E-state index >= 15 is 0 Å². The normalized spacial score (nSPS) is 40.4. The molecule has 0 amide bonds. The van der Waals surface area contributed by atoms with Crippen LogP contribution in [0.25, 0.3) is 0 Å². The van der Waals surface area contributed by atoms with Crippen molar-refractivity contribution in [1.29, 1.82) is 0 Å². The summed E-state index contributed by atoms with van der Waals surface area (Å²) in [7, 11) is 1.79. The minimum atomic E-state index is -0.104. The molecule has 2 rings (SSSR count). The second-order valence-electron chi connectivity index (χ2n) is 6.01. The molecule has 0 aromatic carbocycles. The van der Waals surface area contributed by atoms with E-state index in [2.05, 4.69) is 11.8 Å². The van der Waals surface area contributed by atoms with Gasteiger partial charge in [0.2, 0.25) is 0 Å². The molecule has 3 nitrogen and oxygen atoms in total. The van der Waals surface area contributed by atoms with Crippen LogP contribution in [0.15, 0.2) is 0 Å². The van der Waals surface area contributed by atoms with E-state index in [0.29, 0.717) is 12.0 Å². The van der Waals surface area contributed by atoms with Crippen LogP contribution in [0.5, 0.6) is 0 Å². The van der Waals surface area contributed by atoms with Crippen molar-refractivity contribution in [1.82, 2.24) is 4.90 Å². The van der Waals surface area contributed by atoms with Gasteiger partial charge in [-0.1, -0.05) is 6.92 Å². The lowest BCUT2D eigenvalue weighted by molar-refractivity contribution is -0.0205. The third-order valence-electron chi connectivity index (χ3n) is 4.47. The van der Waals surface area contributed by atoms with Crippen LogP contribution in [0.1, 0.15) is 39.0 Å². The lowest BCUT2D eigenvalue weighted by atomic mass is 9.83. The van der Waals surface area contributed by atoms with Crippen LogP contribution >= 0.6 is 0 Å². The fraction of sp³-hybridized carbons (Fsp3) is 1.00. The third kappa shape index (κ3) is 3.43. The maximum atomic E-state index is 10.2. The summed E-state index contributed by atoms with van der Waals surface area (Å²) in [6.07, 6.45) is 5.77. The van der Waals surface area contributed by atoms with Crippen molar-refractivity contribution in [3.8, 4) is 0 Å². The Morgan fingerprint density at radius 2 is 2.12 bits per heavy atom. The van der Waals surface area contributed by atoms with Gasteiger partial charge in [-0.15, -0.1) is 0 Å². The lowest BCUT2D eigenvalue weighted by Crippen LogP contribution is -2.51. The van der Waals surface area contributed by atoms with Gasteiger partial charge in [-0.05, 0) is 50.5 Å². The monoisotopic (exact) mass is 241 g/mol. The number of likely N-dealkylation sites (tertiary alicyclic amines) is 1. The summed E-state index contributed by atoms with van der Waals surface area (Å²) in [5, 5.41) is 10.2. The summed E-state index contributed by atoms with van der Waals surface area (Å²) in [5.41, 5.74) is 0. The van der Waals surface area contributed by atoms with E-state index in [9.17, 15) is 5.11 Å². The highest BCUT2D eigenvalue weighted by atomic mass is 16.5. The Kier molecular flexibility index (Phi) is 4.83. The van der Waals surface area contributed by atoms with Crippen molar-refractivity contribution in [2.75, 3.05) is 26.8 Å². The average Bonchev–Trinajstić information content (AvgIpc) is 2.33. The predicted molar refractivity (Wildman–Crippen MR) is 69.0 cm³/mol. The fourth-order valence-corrected chi connectivity index (χ4v) is 3.50. The van der Waals surface area contributed by atoms with Crippen LogP contribution in [-0.2, 0) is 4.74 Å². The second-order valence-corrected chi connectivity index (χ2v) is 6.01. The molecule has 0 radical (unpaired) electrons. The molecule has 17 heavy (non-hydrogen) atoms. The van der Waals surface area contributed by atoms with Crippen molar-refractivity contribution in [2.24, 2.45) is 11.8 Å². The Morgan fingerprint density at radius 3 is 2.88 bits per heavy atom. The third-order valence-corrected chi connectivity index (χ3v) is 4.47. The zero-order chi connectivity index (χ0) is 12.3. The molecular formula is C14H27NO2. The number of aliphatic hydroxyl groups is 1. The van der Waals surface area contributed by atoms with Gasteiger partial charge in [0, 0.05) is 19.7 Å². The number of rotatable bonds is 3. The van der Waals surface area contributed by atoms with Gasteiger partial charge in [0.25, 0.3) is 0 Å². The molecule has 0 spiro atoms. The predicted octanol–water partition coefficient (Wildman–Crippen LogP) is 1.89. The van der Waals surface area contributed by atoms with Crippen LogP contribution < -0.4 is 0 Å². The highest BCUT2D eigenvalue weighted by Crippen LogP contribution is 2.30. The highest BCUT2D eigenvalue weighted by molar-refractivity contribution is 4.88. The summed E-state index contributed by atoms with van der Waals surface area (Å²) in [6.45, 7) is 5.46. The number of ether oxygens (including phenoxy) is 1. The second kappa shape index (κ2) is 6.17. The number of nitrogens with zero attached hydrogens (tertiary/aromatic N) is 1. The zero-order valence-electron chi connectivity index (χ0n) is 11.3. The molecule has 1 N–H and O–H groups in total. The summed E-state index contributed by atoms with van der Waals surface area (Å²) in [4.78, 5) is 2.52. The van der Waals surface area contributed by atoms with Gasteiger partial charge >= 0.3 is 0 Å². The van der Waals surface area contributed by atoms with Crippen LogP contribution in [0.3, 0.4) is 0 Å². The molecule has 100 valence electrons. The summed E-state index contributed by atoms with van der Waals surface area (Å²) in [5.74, 6) is 1.43. The Balaban J connectivity index is 1.91. The Labute approximate surface area is 105 Å². The van der Waals surface area contributed by atoms with Gasteiger partial charge < -0.3 is 9.84 Å². The standard InChI is InChI=1S/C14H27NO2/c1-11-5-6-14(16)13(8-11)15-7-3-4-12(9-15)10-17-2/h11-14,16H,3-10H2,1-2H3. The number of piperidine rings is 1. The smallest absolute Gasteiger partial charge is 0.0695 e. The summed E-state index contributed by atoms with van der Waals surface area (Å²) >= 11 is 0. The van der Waals surface area contributed by atoms with Gasteiger partial charge in [-0.2, -0.15) is 0 Å². The summed E-state index contributed by atoms with van der Waals surface area (Å²) < 4.78 is 5.28. The maximum Gasteiger partial charge on any atom is 0.0695 e. The Hall–Kier alpha value is -0.120. The average molecular weight is 241 g/mol. The van der Waals surface area contributed by atoms with Crippen molar-refractivity contribution >= 4 is 0 Å². The quantitative estimate of drug-likeness (QED) is 0.819. The maximum absolute atomic E-state index is 10.2. The van der Waals surface area contributed by atoms with Gasteiger partial charge in [0.1, 0.15) is 0 Å². The fourth-order valence-electron chi connectivity index (χ4n) is 3.50. The van der Waals surface area contributed by atoms with Crippen molar-refractivity contribution < 1.29 is 9.84 Å². The van der Waals surface area contributed by atoms with Crippen LogP contribution in [0.2, 0.25) is 0 Å². The molecule has 1 heterocycles. The Bertz CT molecular complexity index is 232. The van der Waals surface area contributed by atoms with Gasteiger partial charge in [-0.3, -0.25) is 4.90 Å². The van der Waals surface area contributed by atoms with Gasteiger partial charge in [0.05, 0.1) is 12.7 Å². The first-order chi connectivity index (χ1) is 8.20. The molecular weight excluding hydrogens is 214 g/mol.